The third kappa shape index (κ3) is 7.48. The van der Waals surface area contributed by atoms with Crippen molar-refractivity contribution in [3.05, 3.63) is 83.1 Å². The number of carbonyl (C=O) groups is 2. The van der Waals surface area contributed by atoms with Crippen molar-refractivity contribution in [2.24, 2.45) is 5.84 Å². The zero-order valence-corrected chi connectivity index (χ0v) is 24.9. The van der Waals surface area contributed by atoms with Crippen molar-refractivity contribution in [3.63, 3.8) is 0 Å². The maximum atomic E-state index is 13.7. The van der Waals surface area contributed by atoms with Crippen molar-refractivity contribution in [3.8, 4) is 5.75 Å². The number of benzene rings is 2. The number of nitrogen functional groups attached to an aromatic ring is 1. The number of amides is 2. The summed E-state index contributed by atoms with van der Waals surface area (Å²) >= 11 is 4.46. The lowest BCUT2D eigenvalue weighted by Crippen LogP contribution is -2.44. The van der Waals surface area contributed by atoms with Gasteiger partial charge in [-0.3, -0.25) is 15.4 Å². The Balaban J connectivity index is 1.58. The SMILES string of the molecule is CC/C=C(/C=C(/C(=O)NCC)c1cc(OCc2ccc(NN)c(S)c2)ccc1C)C(=O)N1CCC([N+]2=CC=C2)CC1. The molecule has 2 aromatic carbocycles. The number of piperidine rings is 1. The molecule has 2 aliphatic rings. The zero-order valence-electron chi connectivity index (χ0n) is 24.0. The minimum atomic E-state index is -0.231. The Hall–Kier alpha value is -3.82. The molecule has 0 spiro atoms. The van der Waals surface area contributed by atoms with Gasteiger partial charge in [-0.1, -0.05) is 25.1 Å². The Bertz CT molecular complexity index is 1400. The Morgan fingerprint density at radius 3 is 2.54 bits per heavy atom. The lowest BCUT2D eigenvalue weighted by atomic mass is 9.96. The van der Waals surface area contributed by atoms with Crippen LogP contribution < -0.4 is 21.3 Å². The fourth-order valence-corrected chi connectivity index (χ4v) is 5.33. The number of hydrazine groups is 1. The first-order valence-corrected chi connectivity index (χ1v) is 14.6. The van der Waals surface area contributed by atoms with Crippen LogP contribution in [0.3, 0.4) is 0 Å². The average Bonchev–Trinajstić information content (AvgIpc) is 2.94. The van der Waals surface area contributed by atoms with Crippen LogP contribution in [-0.4, -0.2) is 53.2 Å². The van der Waals surface area contributed by atoms with Gasteiger partial charge in [0.1, 0.15) is 12.4 Å². The molecule has 0 radical (unpaired) electrons. The zero-order chi connectivity index (χ0) is 29.4. The van der Waals surface area contributed by atoms with E-state index in [9.17, 15) is 9.59 Å². The number of anilines is 1. The summed E-state index contributed by atoms with van der Waals surface area (Å²) in [6.45, 7) is 8.00. The van der Waals surface area contributed by atoms with Crippen LogP contribution in [0, 0.1) is 6.92 Å². The van der Waals surface area contributed by atoms with E-state index >= 15 is 0 Å². The number of aryl methyl sites for hydroxylation is 1. The average molecular weight is 575 g/mol. The van der Waals surface area contributed by atoms with Gasteiger partial charge in [-0.25, -0.2) is 4.58 Å². The molecule has 9 heteroatoms. The summed E-state index contributed by atoms with van der Waals surface area (Å²) < 4.78 is 8.32. The topological polar surface area (TPSA) is 99.7 Å². The predicted octanol–water partition coefficient (Wildman–Crippen LogP) is 4.61. The van der Waals surface area contributed by atoms with Crippen LogP contribution in [-0.2, 0) is 16.2 Å². The van der Waals surface area contributed by atoms with Gasteiger partial charge < -0.3 is 20.4 Å². The molecule has 1 saturated heterocycles. The molecule has 1 fully saturated rings. The second-order valence-electron chi connectivity index (χ2n) is 10.2. The van der Waals surface area contributed by atoms with Gasteiger partial charge in [0.05, 0.1) is 11.8 Å². The number of likely N-dealkylation sites (N-methyl/N-ethyl adjacent to an activating group) is 1. The summed E-state index contributed by atoms with van der Waals surface area (Å²) in [6, 6.07) is 11.8. The van der Waals surface area contributed by atoms with Crippen LogP contribution in [0.2, 0.25) is 0 Å². The largest absolute Gasteiger partial charge is 0.489 e. The van der Waals surface area contributed by atoms with E-state index in [1.165, 1.54) is 0 Å². The second-order valence-corrected chi connectivity index (χ2v) is 10.7. The van der Waals surface area contributed by atoms with Crippen molar-refractivity contribution in [2.75, 3.05) is 25.1 Å². The molecule has 0 saturated carbocycles. The number of likely N-dealkylation sites (tertiary alicyclic amines) is 1. The fourth-order valence-electron chi connectivity index (χ4n) is 5.02. The standard InChI is InChI=1S/C32H39N5O3S/c1-4-7-24(32(39)37-16-12-25(13-17-37)36-14-6-15-36)19-28(31(38)34-5-2)27-20-26(10-8-22(27)3)40-21-23-9-11-29(35-33)30(41)18-23/h6-11,14-15,18-20,25,35H,4-5,12-13,16-17,21,33H2,1-3H3,(H-,34,38,41)/p+1/b24-7-,28-19+. The van der Waals surface area contributed by atoms with Gasteiger partial charge >= 0.3 is 0 Å². The predicted molar refractivity (Wildman–Crippen MR) is 167 cm³/mol. The van der Waals surface area contributed by atoms with Crippen LogP contribution in [0.1, 0.15) is 49.8 Å². The minimum absolute atomic E-state index is 0.0433. The monoisotopic (exact) mass is 574 g/mol. The lowest BCUT2D eigenvalue weighted by Gasteiger charge is -2.30. The third-order valence-corrected chi connectivity index (χ3v) is 7.73. The smallest absolute Gasteiger partial charge is 0.253 e. The van der Waals surface area contributed by atoms with Crippen LogP contribution in [0.25, 0.3) is 5.57 Å². The summed E-state index contributed by atoms with van der Waals surface area (Å²) in [6.07, 6.45) is 12.4. The summed E-state index contributed by atoms with van der Waals surface area (Å²) in [5.74, 6) is 5.85. The van der Waals surface area contributed by atoms with Gasteiger partial charge in [-0.15, -0.1) is 12.6 Å². The Morgan fingerprint density at radius 1 is 1.17 bits per heavy atom. The van der Waals surface area contributed by atoms with E-state index in [0.29, 0.717) is 55.6 Å². The molecular formula is C32H40N5O3S+. The maximum Gasteiger partial charge on any atom is 0.253 e. The van der Waals surface area contributed by atoms with Crippen LogP contribution in [0.15, 0.2) is 71.3 Å². The van der Waals surface area contributed by atoms with Crippen LogP contribution in [0.4, 0.5) is 5.69 Å². The normalized spacial score (nSPS) is 15.7. The summed E-state index contributed by atoms with van der Waals surface area (Å²) in [5, 5.41) is 2.92. The van der Waals surface area contributed by atoms with Gasteiger partial charge in [0, 0.05) is 48.5 Å². The summed E-state index contributed by atoms with van der Waals surface area (Å²) in [7, 11) is 0. The van der Waals surface area contributed by atoms with E-state index in [4.69, 9.17) is 10.6 Å². The Morgan fingerprint density at radius 2 is 1.93 bits per heavy atom. The molecule has 2 aromatic rings. The van der Waals surface area contributed by atoms with E-state index in [1.54, 1.807) is 6.08 Å². The van der Waals surface area contributed by atoms with E-state index < -0.39 is 0 Å². The van der Waals surface area contributed by atoms with E-state index in [0.717, 1.165) is 40.1 Å². The van der Waals surface area contributed by atoms with Gasteiger partial charge in [0.2, 0.25) is 0 Å². The van der Waals surface area contributed by atoms with Crippen molar-refractivity contribution < 1.29 is 18.9 Å². The van der Waals surface area contributed by atoms with Crippen molar-refractivity contribution in [1.29, 1.82) is 0 Å². The Kier molecular flexibility index (Phi) is 10.4. The first-order valence-electron chi connectivity index (χ1n) is 14.1. The van der Waals surface area contributed by atoms with Gasteiger partial charge in [0.15, 0.2) is 18.5 Å². The van der Waals surface area contributed by atoms with Crippen molar-refractivity contribution in [1.82, 2.24) is 10.2 Å². The molecule has 2 amide bonds. The number of rotatable bonds is 11. The second kappa shape index (κ2) is 14.2. The maximum absolute atomic E-state index is 13.7. The number of nitrogens with zero attached hydrogens (tertiary/aromatic N) is 2. The highest BCUT2D eigenvalue weighted by atomic mass is 32.1. The first-order chi connectivity index (χ1) is 19.8. The molecule has 4 rings (SSSR count). The third-order valence-electron chi connectivity index (χ3n) is 7.36. The molecule has 8 nitrogen and oxygen atoms in total. The molecule has 0 atom stereocenters. The molecule has 216 valence electrons. The number of nitrogens with one attached hydrogen (secondary N) is 2. The van der Waals surface area contributed by atoms with E-state index in [1.807, 2.05) is 74.2 Å². The van der Waals surface area contributed by atoms with E-state index in [-0.39, 0.29) is 11.8 Å². The van der Waals surface area contributed by atoms with Crippen LogP contribution in [0.5, 0.6) is 5.75 Å². The highest BCUT2D eigenvalue weighted by molar-refractivity contribution is 7.80. The summed E-state index contributed by atoms with van der Waals surface area (Å²) in [4.78, 5) is 29.7. The molecule has 2 aliphatic heterocycles. The lowest BCUT2D eigenvalue weighted by molar-refractivity contribution is -0.509. The number of carbonyl (C=O) groups excluding carboxylic acids is 2. The highest BCUT2D eigenvalue weighted by Gasteiger charge is 2.31. The molecular weight excluding hydrogens is 534 g/mol. The number of nitrogens with two attached hydrogens (primary N) is 1. The van der Waals surface area contributed by atoms with Gasteiger partial charge in [-0.2, -0.15) is 0 Å². The van der Waals surface area contributed by atoms with Gasteiger partial charge in [-0.05, 0) is 67.3 Å². The molecule has 4 N–H and O–H groups in total. The van der Waals surface area contributed by atoms with Crippen molar-refractivity contribution in [2.45, 2.75) is 57.6 Å². The molecule has 0 aromatic heterocycles. The molecule has 0 aliphatic carbocycles. The number of hydrogen-bond acceptors (Lipinski definition) is 6. The first kappa shape index (κ1) is 30.1. The molecule has 2 heterocycles. The molecule has 0 unspecified atom stereocenters. The summed E-state index contributed by atoms with van der Waals surface area (Å²) in [5.41, 5.74) is 6.87. The molecule has 0 bridgehead atoms. The van der Waals surface area contributed by atoms with Crippen LogP contribution >= 0.6 is 12.6 Å². The highest BCUT2D eigenvalue weighted by Crippen LogP contribution is 2.28. The van der Waals surface area contributed by atoms with Crippen molar-refractivity contribution >= 4 is 41.9 Å². The van der Waals surface area contributed by atoms with Gasteiger partial charge in [0.25, 0.3) is 11.8 Å². The quantitative estimate of drug-likeness (QED) is 0.0785. The number of allylic oxidation sites excluding steroid dienone is 2. The number of ether oxygens (including phenoxy) is 1. The number of thiol groups is 1. The minimum Gasteiger partial charge on any atom is -0.489 e. The number of hydrogen-bond donors (Lipinski definition) is 4. The molecule has 41 heavy (non-hydrogen) atoms. The van der Waals surface area contributed by atoms with E-state index in [2.05, 4.69) is 40.4 Å². The Labute approximate surface area is 248 Å². The fraction of sp³-hybridized carbons (Fsp3) is 0.344.